The number of aryl methyl sites for hydroxylation is 2. The normalized spacial score (nSPS) is 16.7. The van der Waals surface area contributed by atoms with Gasteiger partial charge in [0.05, 0.1) is 6.04 Å². The van der Waals surface area contributed by atoms with E-state index >= 15 is 0 Å². The summed E-state index contributed by atoms with van der Waals surface area (Å²) in [6.07, 6.45) is 2.67. The number of carbonyl (C=O) groups is 1. The summed E-state index contributed by atoms with van der Waals surface area (Å²) in [7, 11) is 0. The van der Waals surface area contributed by atoms with E-state index in [1.165, 1.54) is 51.0 Å². The van der Waals surface area contributed by atoms with Crippen molar-refractivity contribution in [3.05, 3.63) is 106 Å². The fourth-order valence-corrected chi connectivity index (χ4v) is 5.28. The van der Waals surface area contributed by atoms with Crippen LogP contribution < -0.4 is 0 Å². The minimum absolute atomic E-state index is 0.130. The number of amides is 1. The van der Waals surface area contributed by atoms with Crippen molar-refractivity contribution in [2.24, 2.45) is 0 Å². The summed E-state index contributed by atoms with van der Waals surface area (Å²) in [5.74, 6) is -0.205. The maximum absolute atomic E-state index is 13.3. The molecule has 1 N–H and O–H groups in total. The van der Waals surface area contributed by atoms with Crippen LogP contribution >= 0.6 is 0 Å². The number of hydrogen-bond acceptors (Lipinski definition) is 2. The van der Waals surface area contributed by atoms with E-state index in [0.717, 1.165) is 44.4 Å². The number of aromatic nitrogens is 1. The minimum atomic E-state index is -0.205. The Balaban J connectivity index is 1.41. The Morgan fingerprint density at radius 2 is 1.77 bits per heavy atom. The fourth-order valence-electron chi connectivity index (χ4n) is 5.28. The van der Waals surface area contributed by atoms with Crippen molar-refractivity contribution >= 4 is 17.3 Å². The van der Waals surface area contributed by atoms with E-state index in [1.54, 1.807) is 0 Å². The lowest BCUT2D eigenvalue weighted by Gasteiger charge is -2.41. The summed E-state index contributed by atoms with van der Waals surface area (Å²) in [5.41, 5.74) is 8.68. The number of benzene rings is 3. The summed E-state index contributed by atoms with van der Waals surface area (Å²) in [6, 6.07) is 22.2. The quantitative estimate of drug-likeness (QED) is 0.359. The van der Waals surface area contributed by atoms with Gasteiger partial charge in [0.25, 0.3) is 0 Å². The number of nitrogens with zero attached hydrogens (tertiary/aromatic N) is 2. The minimum Gasteiger partial charge on any atom is -0.358 e. The van der Waals surface area contributed by atoms with Crippen molar-refractivity contribution < 1.29 is 9.18 Å². The lowest BCUT2D eigenvalue weighted by molar-refractivity contribution is -0.121. The van der Waals surface area contributed by atoms with E-state index in [9.17, 15) is 9.18 Å². The van der Waals surface area contributed by atoms with Crippen LogP contribution in [0, 0.1) is 19.7 Å². The molecule has 180 valence electrons. The van der Waals surface area contributed by atoms with Crippen LogP contribution in [0.4, 0.5) is 4.39 Å². The molecule has 4 aromatic rings. The molecule has 1 atom stereocenters. The van der Waals surface area contributed by atoms with E-state index in [4.69, 9.17) is 0 Å². The van der Waals surface area contributed by atoms with Gasteiger partial charge >= 0.3 is 0 Å². The first-order chi connectivity index (χ1) is 17.0. The molecule has 0 spiro atoms. The highest BCUT2D eigenvalue weighted by atomic mass is 19.1. The molecule has 35 heavy (non-hydrogen) atoms. The molecule has 1 amide bonds. The van der Waals surface area contributed by atoms with Gasteiger partial charge < -0.3 is 9.88 Å². The molecule has 2 heterocycles. The first-order valence-corrected chi connectivity index (χ1v) is 12.4. The van der Waals surface area contributed by atoms with E-state index in [0.29, 0.717) is 6.54 Å². The Bertz CT molecular complexity index is 1330. The second-order valence-electron chi connectivity index (χ2n) is 9.66. The molecule has 5 rings (SSSR count). The summed E-state index contributed by atoms with van der Waals surface area (Å²) in [4.78, 5) is 19.5. The van der Waals surface area contributed by atoms with Gasteiger partial charge in [-0.2, -0.15) is 0 Å². The maximum Gasteiger partial charge on any atom is 0.209 e. The second-order valence-corrected chi connectivity index (χ2v) is 9.66. The number of halogens is 1. The zero-order valence-corrected chi connectivity index (χ0v) is 20.4. The van der Waals surface area contributed by atoms with Gasteiger partial charge in [-0.1, -0.05) is 42.5 Å². The molecular formula is C30H32FN3O. The maximum atomic E-state index is 13.3. The van der Waals surface area contributed by atoms with Crippen LogP contribution in [0.15, 0.2) is 66.7 Å². The van der Waals surface area contributed by atoms with Crippen molar-refractivity contribution in [3.8, 4) is 0 Å². The monoisotopic (exact) mass is 469 g/mol. The molecule has 1 saturated heterocycles. The molecule has 0 aliphatic carbocycles. The molecule has 0 radical (unpaired) electrons. The Kier molecular flexibility index (Phi) is 6.69. The Hall–Kier alpha value is -3.44. The standard InChI is InChI=1S/C30H32FN3O/c1-21-22(2)32-29-12-9-24(18-28(21)29)17-25-5-3-4-6-27(25)30-19-33(20-35)15-16-34(30)14-13-23-7-10-26(31)11-8-23/h3-12,18,20,30,32H,13-17,19H2,1-2H3. The number of H-pyrrole nitrogens is 1. The number of fused-ring (bicyclic) bond motifs is 1. The molecule has 0 saturated carbocycles. The van der Waals surface area contributed by atoms with Crippen molar-refractivity contribution in [2.75, 3.05) is 26.2 Å². The van der Waals surface area contributed by atoms with Crippen molar-refractivity contribution in [1.29, 1.82) is 0 Å². The predicted molar refractivity (Wildman–Crippen MR) is 139 cm³/mol. The molecule has 1 aliphatic heterocycles. The van der Waals surface area contributed by atoms with Gasteiger partial charge in [0.1, 0.15) is 5.82 Å². The number of hydrogen-bond donors (Lipinski definition) is 1. The number of nitrogens with one attached hydrogen (secondary N) is 1. The first kappa shape index (κ1) is 23.3. The van der Waals surface area contributed by atoms with Gasteiger partial charge in [-0.25, -0.2) is 4.39 Å². The summed E-state index contributed by atoms with van der Waals surface area (Å²) in [5, 5.41) is 1.28. The fraction of sp³-hybridized carbons (Fsp3) is 0.300. The average molecular weight is 470 g/mol. The van der Waals surface area contributed by atoms with E-state index in [1.807, 2.05) is 17.0 Å². The molecule has 3 aromatic carbocycles. The highest BCUT2D eigenvalue weighted by Gasteiger charge is 2.29. The first-order valence-electron chi connectivity index (χ1n) is 12.4. The van der Waals surface area contributed by atoms with Crippen LogP contribution in [0.2, 0.25) is 0 Å². The van der Waals surface area contributed by atoms with Crippen molar-refractivity contribution in [3.63, 3.8) is 0 Å². The number of rotatable bonds is 7. The van der Waals surface area contributed by atoms with Crippen LogP contribution in [0.25, 0.3) is 10.9 Å². The number of piperazine rings is 1. The summed E-state index contributed by atoms with van der Waals surface area (Å²) >= 11 is 0. The SMILES string of the molecule is Cc1[nH]c2ccc(Cc3ccccc3C3CN(C=O)CCN3CCc3ccc(F)cc3)cc2c1C. The zero-order chi connectivity index (χ0) is 24.4. The van der Waals surface area contributed by atoms with Gasteiger partial charge in [-0.3, -0.25) is 9.69 Å². The van der Waals surface area contributed by atoms with Crippen LogP contribution in [-0.2, 0) is 17.6 Å². The van der Waals surface area contributed by atoms with Crippen LogP contribution in [0.5, 0.6) is 0 Å². The number of carbonyl (C=O) groups excluding carboxylic acids is 1. The lowest BCUT2D eigenvalue weighted by atomic mass is 9.92. The third-order valence-electron chi connectivity index (χ3n) is 7.45. The van der Waals surface area contributed by atoms with Crippen LogP contribution in [0.3, 0.4) is 0 Å². The molecule has 4 nitrogen and oxygen atoms in total. The van der Waals surface area contributed by atoms with Gasteiger partial charge in [0.15, 0.2) is 0 Å². The van der Waals surface area contributed by atoms with Gasteiger partial charge in [-0.15, -0.1) is 0 Å². The molecule has 1 aliphatic rings. The highest BCUT2D eigenvalue weighted by molar-refractivity contribution is 5.85. The predicted octanol–water partition coefficient (Wildman–Crippen LogP) is 5.57. The van der Waals surface area contributed by atoms with E-state index in [2.05, 4.69) is 66.2 Å². The third kappa shape index (κ3) is 5.01. The summed E-state index contributed by atoms with van der Waals surface area (Å²) in [6.45, 7) is 7.39. The van der Waals surface area contributed by atoms with Crippen molar-refractivity contribution in [2.45, 2.75) is 32.7 Å². The smallest absolute Gasteiger partial charge is 0.209 e. The Labute approximate surface area is 206 Å². The van der Waals surface area contributed by atoms with Gasteiger partial charge in [-0.05, 0) is 78.8 Å². The molecule has 5 heteroatoms. The topological polar surface area (TPSA) is 39.3 Å². The highest BCUT2D eigenvalue weighted by Crippen LogP contribution is 2.30. The average Bonchev–Trinajstić information content (AvgIpc) is 3.17. The van der Waals surface area contributed by atoms with Crippen molar-refractivity contribution in [1.82, 2.24) is 14.8 Å². The van der Waals surface area contributed by atoms with Crippen LogP contribution in [0.1, 0.15) is 39.6 Å². The Morgan fingerprint density at radius 1 is 1.00 bits per heavy atom. The molecule has 1 unspecified atom stereocenters. The van der Waals surface area contributed by atoms with E-state index < -0.39 is 0 Å². The molecule has 1 aromatic heterocycles. The zero-order valence-electron chi connectivity index (χ0n) is 20.4. The van der Waals surface area contributed by atoms with E-state index in [-0.39, 0.29) is 11.9 Å². The van der Waals surface area contributed by atoms with Crippen LogP contribution in [-0.4, -0.2) is 47.4 Å². The number of aromatic amines is 1. The lowest BCUT2D eigenvalue weighted by Crippen LogP contribution is -2.48. The molecular weight excluding hydrogens is 437 g/mol. The molecule has 1 fully saturated rings. The second kappa shape index (κ2) is 10.0. The Morgan fingerprint density at radius 3 is 2.57 bits per heavy atom. The van der Waals surface area contributed by atoms with Gasteiger partial charge in [0, 0.05) is 42.8 Å². The van der Waals surface area contributed by atoms with Gasteiger partial charge in [0.2, 0.25) is 6.41 Å². The largest absolute Gasteiger partial charge is 0.358 e. The third-order valence-corrected chi connectivity index (χ3v) is 7.45. The summed E-state index contributed by atoms with van der Waals surface area (Å²) < 4.78 is 13.3. The molecule has 0 bridgehead atoms.